The molecule has 6 nitrogen and oxygen atoms in total. The Balaban J connectivity index is 1.73. The number of benzene rings is 1. The Morgan fingerprint density at radius 3 is 2.43 bits per heavy atom. The Kier molecular flexibility index (Phi) is 5.61. The summed E-state index contributed by atoms with van der Waals surface area (Å²) in [5.74, 6) is -0.265. The highest BCUT2D eigenvalue weighted by Gasteiger charge is 2.44. The number of thiophene rings is 2. The van der Waals surface area contributed by atoms with Gasteiger partial charge in [-0.3, -0.25) is 9.59 Å². The van der Waals surface area contributed by atoms with Crippen molar-refractivity contribution in [2.75, 3.05) is 14.2 Å². The van der Waals surface area contributed by atoms with E-state index in [2.05, 4.69) is 0 Å². The molecule has 1 aliphatic rings. The van der Waals surface area contributed by atoms with Crippen molar-refractivity contribution in [1.29, 1.82) is 0 Å². The van der Waals surface area contributed by atoms with Crippen LogP contribution in [-0.4, -0.2) is 35.9 Å². The van der Waals surface area contributed by atoms with E-state index in [0.29, 0.717) is 16.4 Å². The lowest BCUT2D eigenvalue weighted by atomic mass is 10.0. The summed E-state index contributed by atoms with van der Waals surface area (Å²) in [6.07, 6.45) is 0. The number of rotatable bonds is 7. The van der Waals surface area contributed by atoms with Crippen LogP contribution in [0.4, 0.5) is 0 Å². The van der Waals surface area contributed by atoms with Crippen molar-refractivity contribution in [3.05, 3.63) is 79.9 Å². The zero-order valence-corrected chi connectivity index (χ0v) is 18.0. The van der Waals surface area contributed by atoms with Crippen LogP contribution < -0.4 is 9.47 Å². The molecule has 30 heavy (non-hydrogen) atoms. The predicted octanol–water partition coefficient (Wildman–Crippen LogP) is 4.61. The van der Waals surface area contributed by atoms with Gasteiger partial charge in [0.25, 0.3) is 5.91 Å². The first-order valence-corrected chi connectivity index (χ1v) is 10.9. The Morgan fingerprint density at radius 2 is 1.80 bits per heavy atom. The molecule has 1 N–H and O–H groups in total. The summed E-state index contributed by atoms with van der Waals surface area (Å²) >= 11 is 2.72. The third-order valence-electron chi connectivity index (χ3n) is 4.91. The number of hydrogen-bond donors (Lipinski definition) is 1. The van der Waals surface area contributed by atoms with Gasteiger partial charge in [0.2, 0.25) is 5.78 Å². The molecule has 0 fully saturated rings. The molecule has 3 heterocycles. The number of carbonyl (C=O) groups is 2. The third-order valence-corrected chi connectivity index (χ3v) is 6.70. The number of nitrogens with zero attached hydrogens (tertiary/aromatic N) is 1. The van der Waals surface area contributed by atoms with E-state index in [9.17, 15) is 14.7 Å². The molecule has 8 heteroatoms. The molecule has 2 aromatic heterocycles. The lowest BCUT2D eigenvalue weighted by Crippen LogP contribution is -2.30. The smallest absolute Gasteiger partial charge is 0.290 e. The molecular formula is C22H19NO5S2. The Morgan fingerprint density at radius 1 is 1.07 bits per heavy atom. The normalized spacial score (nSPS) is 16.3. The lowest BCUT2D eigenvalue weighted by Gasteiger charge is -2.26. The van der Waals surface area contributed by atoms with E-state index >= 15 is 0 Å². The van der Waals surface area contributed by atoms with E-state index in [-0.39, 0.29) is 17.9 Å². The largest absolute Gasteiger partial charge is 0.503 e. The topological polar surface area (TPSA) is 76.1 Å². The quantitative estimate of drug-likeness (QED) is 0.542. The maximum Gasteiger partial charge on any atom is 0.290 e. The second kappa shape index (κ2) is 8.33. The summed E-state index contributed by atoms with van der Waals surface area (Å²) in [7, 11) is 3.10. The molecule has 0 aliphatic carbocycles. The van der Waals surface area contributed by atoms with Crippen LogP contribution >= 0.6 is 22.7 Å². The van der Waals surface area contributed by atoms with E-state index in [1.54, 1.807) is 43.9 Å². The fourth-order valence-electron chi connectivity index (χ4n) is 3.51. The molecular weight excluding hydrogens is 422 g/mol. The average molecular weight is 442 g/mol. The van der Waals surface area contributed by atoms with E-state index in [1.165, 1.54) is 27.6 Å². The average Bonchev–Trinajstić information content (AvgIpc) is 3.52. The van der Waals surface area contributed by atoms with Crippen LogP contribution in [0.2, 0.25) is 0 Å². The van der Waals surface area contributed by atoms with Crippen molar-refractivity contribution in [1.82, 2.24) is 4.90 Å². The van der Waals surface area contributed by atoms with Crippen LogP contribution in [0, 0.1) is 0 Å². The highest BCUT2D eigenvalue weighted by atomic mass is 32.1. The molecule has 0 saturated heterocycles. The number of carbonyl (C=O) groups excluding carboxylic acids is 2. The summed E-state index contributed by atoms with van der Waals surface area (Å²) in [5, 5.41) is 14.3. The number of aliphatic hydroxyl groups is 1. The molecule has 1 atom stereocenters. The van der Waals surface area contributed by atoms with Crippen molar-refractivity contribution >= 4 is 34.4 Å². The van der Waals surface area contributed by atoms with Crippen LogP contribution in [0.5, 0.6) is 11.5 Å². The summed E-state index contributed by atoms with van der Waals surface area (Å²) < 4.78 is 10.6. The van der Waals surface area contributed by atoms with Gasteiger partial charge in [-0.25, -0.2) is 0 Å². The van der Waals surface area contributed by atoms with Gasteiger partial charge in [0, 0.05) is 11.4 Å². The highest BCUT2D eigenvalue weighted by Crippen LogP contribution is 2.42. The van der Waals surface area contributed by atoms with Crippen molar-refractivity contribution in [2.24, 2.45) is 0 Å². The van der Waals surface area contributed by atoms with Gasteiger partial charge in [0.15, 0.2) is 17.3 Å². The molecule has 0 spiro atoms. The van der Waals surface area contributed by atoms with Crippen LogP contribution in [0.3, 0.4) is 0 Å². The number of ether oxygens (including phenoxy) is 2. The second-order valence-electron chi connectivity index (χ2n) is 6.61. The zero-order valence-electron chi connectivity index (χ0n) is 16.3. The summed E-state index contributed by atoms with van der Waals surface area (Å²) in [6.45, 7) is 0.201. The van der Waals surface area contributed by atoms with Crippen LogP contribution in [-0.2, 0) is 11.3 Å². The van der Waals surface area contributed by atoms with Crippen molar-refractivity contribution < 1.29 is 24.2 Å². The van der Waals surface area contributed by atoms with Gasteiger partial charge in [0.1, 0.15) is 6.04 Å². The minimum Gasteiger partial charge on any atom is -0.503 e. The van der Waals surface area contributed by atoms with Crippen LogP contribution in [0.1, 0.15) is 26.2 Å². The van der Waals surface area contributed by atoms with Gasteiger partial charge in [0.05, 0.1) is 24.7 Å². The number of ketones is 1. The third kappa shape index (κ3) is 3.48. The monoisotopic (exact) mass is 441 g/mol. The minimum atomic E-state index is -0.653. The maximum atomic E-state index is 13.1. The van der Waals surface area contributed by atoms with Crippen molar-refractivity contribution in [2.45, 2.75) is 12.6 Å². The first-order chi connectivity index (χ1) is 14.5. The van der Waals surface area contributed by atoms with Gasteiger partial charge in [-0.1, -0.05) is 18.2 Å². The molecule has 1 unspecified atom stereocenters. The fourth-order valence-corrected chi connectivity index (χ4v) is 5.03. The van der Waals surface area contributed by atoms with Gasteiger partial charge in [-0.05, 0) is 40.6 Å². The van der Waals surface area contributed by atoms with E-state index in [0.717, 1.165) is 10.4 Å². The standard InChI is InChI=1S/C22H19NO5S2/c1-27-14-8-7-13(11-15(14)28-2)12-23-19(16-5-3-9-29-16)18(21(25)22(23)26)20(24)17-6-4-10-30-17/h3-11,19,25H,12H2,1-2H3. The van der Waals surface area contributed by atoms with Gasteiger partial charge in [-0.2, -0.15) is 0 Å². The molecule has 1 aliphatic heterocycles. The SMILES string of the molecule is COc1ccc(CN2C(=O)C(O)=C(C(=O)c3cccs3)C2c2cccs2)cc1OC. The Hall–Kier alpha value is -3.10. The number of Topliss-reactive ketones (excluding diaryl/α,β-unsaturated/α-hetero) is 1. The summed E-state index contributed by atoms with van der Waals surface area (Å²) in [4.78, 5) is 28.9. The number of aliphatic hydroxyl groups excluding tert-OH is 1. The van der Waals surface area contributed by atoms with E-state index in [4.69, 9.17) is 9.47 Å². The van der Waals surface area contributed by atoms with Gasteiger partial charge in [-0.15, -0.1) is 22.7 Å². The summed E-state index contributed by atoms with van der Waals surface area (Å²) in [5.41, 5.74) is 0.908. The molecule has 3 aromatic rings. The predicted molar refractivity (Wildman–Crippen MR) is 115 cm³/mol. The molecule has 4 rings (SSSR count). The summed E-state index contributed by atoms with van der Waals surface area (Å²) in [6, 6.07) is 11.9. The van der Waals surface area contributed by atoms with Crippen molar-refractivity contribution in [3.8, 4) is 11.5 Å². The lowest BCUT2D eigenvalue weighted by molar-refractivity contribution is -0.130. The van der Waals surface area contributed by atoms with Crippen LogP contribution in [0.15, 0.2) is 64.6 Å². The Labute approximate surface area is 181 Å². The first kappa shape index (κ1) is 20.2. The molecule has 154 valence electrons. The molecule has 0 radical (unpaired) electrons. The molecule has 0 saturated carbocycles. The minimum absolute atomic E-state index is 0.116. The maximum absolute atomic E-state index is 13.1. The number of hydrogen-bond acceptors (Lipinski definition) is 7. The highest BCUT2D eigenvalue weighted by molar-refractivity contribution is 7.12. The molecule has 1 aromatic carbocycles. The molecule has 0 bridgehead atoms. The van der Waals surface area contributed by atoms with Gasteiger partial charge >= 0.3 is 0 Å². The van der Waals surface area contributed by atoms with Gasteiger partial charge < -0.3 is 19.5 Å². The fraction of sp³-hybridized carbons (Fsp3) is 0.182. The second-order valence-corrected chi connectivity index (χ2v) is 8.54. The van der Waals surface area contributed by atoms with Crippen molar-refractivity contribution in [3.63, 3.8) is 0 Å². The molecule has 1 amide bonds. The first-order valence-electron chi connectivity index (χ1n) is 9.11. The van der Waals surface area contributed by atoms with Crippen LogP contribution in [0.25, 0.3) is 0 Å². The number of amides is 1. The zero-order chi connectivity index (χ0) is 21.3. The Bertz CT molecular complexity index is 1100. The number of methoxy groups -OCH3 is 2. The van der Waals surface area contributed by atoms with E-state index < -0.39 is 17.7 Å². The van der Waals surface area contributed by atoms with E-state index in [1.807, 2.05) is 23.6 Å².